The van der Waals surface area contributed by atoms with Gasteiger partial charge in [-0.3, -0.25) is 4.90 Å². The van der Waals surface area contributed by atoms with E-state index in [1.165, 1.54) is 11.1 Å². The normalized spacial score (nSPS) is 18.7. The number of benzene rings is 1. The first-order chi connectivity index (χ1) is 9.22. The van der Waals surface area contributed by atoms with Gasteiger partial charge in [-0.1, -0.05) is 38.1 Å². The quantitative estimate of drug-likeness (QED) is 0.853. The molecule has 0 aromatic heterocycles. The van der Waals surface area contributed by atoms with E-state index in [-0.39, 0.29) is 6.61 Å². The van der Waals surface area contributed by atoms with Crippen LogP contribution in [-0.4, -0.2) is 42.8 Å². The lowest BCUT2D eigenvalue weighted by Crippen LogP contribution is -2.45. The van der Waals surface area contributed by atoms with Crippen molar-refractivity contribution in [2.45, 2.75) is 32.2 Å². The lowest BCUT2D eigenvalue weighted by molar-refractivity contribution is 0.141. The summed E-state index contributed by atoms with van der Waals surface area (Å²) in [5.41, 5.74) is 2.71. The van der Waals surface area contributed by atoms with Crippen molar-refractivity contribution in [2.75, 3.05) is 32.8 Å². The number of rotatable bonds is 5. The molecule has 1 aliphatic heterocycles. The van der Waals surface area contributed by atoms with Gasteiger partial charge in [0.1, 0.15) is 0 Å². The van der Waals surface area contributed by atoms with Crippen LogP contribution in [0.5, 0.6) is 0 Å². The van der Waals surface area contributed by atoms with Gasteiger partial charge in [0.2, 0.25) is 0 Å². The lowest BCUT2D eigenvalue weighted by Gasteiger charge is -2.35. The molecular formula is C16H26N2O. The molecule has 1 aliphatic rings. The topological polar surface area (TPSA) is 35.5 Å². The van der Waals surface area contributed by atoms with E-state index < -0.39 is 0 Å². The minimum Gasteiger partial charge on any atom is -0.396 e. The average molecular weight is 262 g/mol. The van der Waals surface area contributed by atoms with Crippen LogP contribution in [0.3, 0.4) is 0 Å². The van der Waals surface area contributed by atoms with Crippen LogP contribution < -0.4 is 5.32 Å². The van der Waals surface area contributed by atoms with Gasteiger partial charge >= 0.3 is 0 Å². The van der Waals surface area contributed by atoms with E-state index in [1.54, 1.807) is 0 Å². The maximum absolute atomic E-state index is 9.33. The molecule has 0 unspecified atom stereocenters. The van der Waals surface area contributed by atoms with E-state index in [0.717, 1.165) is 32.6 Å². The fourth-order valence-corrected chi connectivity index (χ4v) is 2.78. The minimum absolute atomic E-state index is 0.251. The van der Waals surface area contributed by atoms with E-state index in [0.29, 0.717) is 12.0 Å². The number of aliphatic hydroxyl groups is 1. The molecule has 0 aliphatic carbocycles. The Bertz CT molecular complexity index is 369. The number of hydrogen-bond donors (Lipinski definition) is 2. The summed E-state index contributed by atoms with van der Waals surface area (Å²) in [6.45, 7) is 8.92. The van der Waals surface area contributed by atoms with Gasteiger partial charge < -0.3 is 10.4 Å². The maximum Gasteiger partial charge on any atom is 0.0449 e. The van der Waals surface area contributed by atoms with Gasteiger partial charge in [0.15, 0.2) is 0 Å². The largest absolute Gasteiger partial charge is 0.396 e. The number of nitrogens with one attached hydrogen (secondary N) is 1. The fourth-order valence-electron chi connectivity index (χ4n) is 2.78. The van der Waals surface area contributed by atoms with Crippen molar-refractivity contribution in [3.05, 3.63) is 35.4 Å². The predicted molar refractivity (Wildman–Crippen MR) is 79.4 cm³/mol. The standard InChI is InChI=1S/C16H26N2O/c1-13(2)14-3-5-15(6-4-14)16(7-12-19)18-10-8-17-9-11-18/h3-6,13,16-17,19H,7-12H2,1-2H3/t16-/m1/s1. The van der Waals surface area contributed by atoms with Crippen LogP contribution >= 0.6 is 0 Å². The second-order valence-corrected chi connectivity index (χ2v) is 5.64. The highest BCUT2D eigenvalue weighted by Gasteiger charge is 2.21. The van der Waals surface area contributed by atoms with Gasteiger partial charge in [-0.15, -0.1) is 0 Å². The first kappa shape index (κ1) is 14.5. The monoisotopic (exact) mass is 262 g/mol. The van der Waals surface area contributed by atoms with E-state index >= 15 is 0 Å². The van der Waals surface area contributed by atoms with Crippen LogP contribution in [0, 0.1) is 0 Å². The van der Waals surface area contributed by atoms with E-state index in [1.807, 2.05) is 0 Å². The second kappa shape index (κ2) is 7.04. The Hall–Kier alpha value is -0.900. The van der Waals surface area contributed by atoms with Crippen molar-refractivity contribution in [1.82, 2.24) is 10.2 Å². The van der Waals surface area contributed by atoms with Crippen molar-refractivity contribution in [3.8, 4) is 0 Å². The highest BCUT2D eigenvalue weighted by Crippen LogP contribution is 2.26. The van der Waals surface area contributed by atoms with Crippen molar-refractivity contribution in [2.24, 2.45) is 0 Å². The summed E-state index contributed by atoms with van der Waals surface area (Å²) in [5.74, 6) is 0.574. The van der Waals surface area contributed by atoms with Gasteiger partial charge in [-0.05, 0) is 23.5 Å². The third-order valence-electron chi connectivity index (χ3n) is 3.98. The Labute approximate surface area is 116 Å². The summed E-state index contributed by atoms with van der Waals surface area (Å²) in [4.78, 5) is 2.48. The first-order valence-electron chi connectivity index (χ1n) is 7.38. The van der Waals surface area contributed by atoms with Crippen molar-refractivity contribution in [3.63, 3.8) is 0 Å². The minimum atomic E-state index is 0.251. The summed E-state index contributed by atoms with van der Waals surface area (Å²) < 4.78 is 0. The van der Waals surface area contributed by atoms with Gasteiger partial charge in [0, 0.05) is 38.8 Å². The van der Waals surface area contributed by atoms with Crippen LogP contribution in [0.1, 0.15) is 43.4 Å². The molecule has 1 saturated heterocycles. The molecule has 0 amide bonds. The molecule has 2 rings (SSSR count). The molecule has 0 saturated carbocycles. The number of aliphatic hydroxyl groups excluding tert-OH is 1. The molecule has 3 heteroatoms. The Balaban J connectivity index is 2.13. The Morgan fingerprint density at radius 3 is 2.21 bits per heavy atom. The Morgan fingerprint density at radius 1 is 1.11 bits per heavy atom. The summed E-state index contributed by atoms with van der Waals surface area (Å²) in [6, 6.07) is 9.28. The van der Waals surface area contributed by atoms with Gasteiger partial charge in [0.25, 0.3) is 0 Å². The van der Waals surface area contributed by atoms with Crippen LogP contribution in [0.25, 0.3) is 0 Å². The fraction of sp³-hybridized carbons (Fsp3) is 0.625. The lowest BCUT2D eigenvalue weighted by atomic mass is 9.96. The Morgan fingerprint density at radius 2 is 1.68 bits per heavy atom. The molecule has 19 heavy (non-hydrogen) atoms. The summed E-state index contributed by atoms with van der Waals surface area (Å²) in [6.07, 6.45) is 0.820. The van der Waals surface area contributed by atoms with Crippen LogP contribution in [0.15, 0.2) is 24.3 Å². The number of piperazine rings is 1. The molecule has 3 nitrogen and oxygen atoms in total. The van der Waals surface area contributed by atoms with Gasteiger partial charge in [-0.25, -0.2) is 0 Å². The molecular weight excluding hydrogens is 236 g/mol. The zero-order valence-corrected chi connectivity index (χ0v) is 12.1. The van der Waals surface area contributed by atoms with E-state index in [2.05, 4.69) is 48.3 Å². The second-order valence-electron chi connectivity index (χ2n) is 5.64. The molecule has 0 bridgehead atoms. The van der Waals surface area contributed by atoms with Crippen LogP contribution in [-0.2, 0) is 0 Å². The summed E-state index contributed by atoms with van der Waals surface area (Å²) in [7, 11) is 0. The number of hydrogen-bond acceptors (Lipinski definition) is 3. The molecule has 0 radical (unpaired) electrons. The highest BCUT2D eigenvalue weighted by molar-refractivity contribution is 5.27. The first-order valence-corrected chi connectivity index (χ1v) is 7.38. The Kier molecular flexibility index (Phi) is 5.37. The molecule has 1 aromatic carbocycles. The third kappa shape index (κ3) is 3.78. The summed E-state index contributed by atoms with van der Waals surface area (Å²) >= 11 is 0. The van der Waals surface area contributed by atoms with Crippen LogP contribution in [0.4, 0.5) is 0 Å². The van der Waals surface area contributed by atoms with Gasteiger partial charge in [-0.2, -0.15) is 0 Å². The molecule has 0 spiro atoms. The van der Waals surface area contributed by atoms with E-state index in [9.17, 15) is 5.11 Å². The average Bonchev–Trinajstić information content (AvgIpc) is 2.46. The predicted octanol–water partition coefficient (Wildman–Crippen LogP) is 2.14. The highest BCUT2D eigenvalue weighted by atomic mass is 16.3. The molecule has 1 heterocycles. The van der Waals surface area contributed by atoms with E-state index in [4.69, 9.17) is 0 Å². The third-order valence-corrected chi connectivity index (χ3v) is 3.98. The van der Waals surface area contributed by atoms with Crippen molar-refractivity contribution < 1.29 is 5.11 Å². The number of nitrogens with zero attached hydrogens (tertiary/aromatic N) is 1. The maximum atomic E-state index is 9.33. The SMILES string of the molecule is CC(C)c1ccc([C@@H](CCO)N2CCNCC2)cc1. The zero-order chi connectivity index (χ0) is 13.7. The molecule has 2 N–H and O–H groups in total. The van der Waals surface area contributed by atoms with Crippen molar-refractivity contribution in [1.29, 1.82) is 0 Å². The molecule has 1 aromatic rings. The smallest absolute Gasteiger partial charge is 0.0449 e. The van der Waals surface area contributed by atoms with Crippen molar-refractivity contribution >= 4 is 0 Å². The molecule has 106 valence electrons. The van der Waals surface area contributed by atoms with Gasteiger partial charge in [0.05, 0.1) is 0 Å². The zero-order valence-electron chi connectivity index (χ0n) is 12.1. The molecule has 1 fully saturated rings. The van der Waals surface area contributed by atoms with Crippen LogP contribution in [0.2, 0.25) is 0 Å². The summed E-state index contributed by atoms with van der Waals surface area (Å²) in [5, 5.41) is 12.7. The molecule has 1 atom stereocenters.